The van der Waals surface area contributed by atoms with Crippen molar-refractivity contribution in [2.24, 2.45) is 11.3 Å². The second-order valence-electron chi connectivity index (χ2n) is 12.0. The minimum absolute atomic E-state index is 0.278. The summed E-state index contributed by atoms with van der Waals surface area (Å²) in [6, 6.07) is 7.03. The topological polar surface area (TPSA) is 43.9 Å². The van der Waals surface area contributed by atoms with Crippen LogP contribution in [-0.2, 0) is 9.84 Å². The van der Waals surface area contributed by atoms with Crippen LogP contribution in [0.25, 0.3) is 0 Å². The van der Waals surface area contributed by atoms with Gasteiger partial charge in [-0.15, -0.1) is 0 Å². The van der Waals surface area contributed by atoms with Gasteiger partial charge in [0.15, 0.2) is 9.84 Å². The Kier molecular flexibility index (Phi) is 8.18. The van der Waals surface area contributed by atoms with Crippen LogP contribution in [0.1, 0.15) is 77.7 Å². The van der Waals surface area contributed by atoms with Gasteiger partial charge in [-0.1, -0.05) is 34.1 Å². The third-order valence-corrected chi connectivity index (χ3v) is 10.3. The van der Waals surface area contributed by atoms with E-state index in [-0.39, 0.29) is 11.5 Å². The van der Waals surface area contributed by atoms with Crippen molar-refractivity contribution >= 4 is 21.2 Å². The lowest BCUT2D eigenvalue weighted by Crippen LogP contribution is -2.47. The molecule has 0 spiro atoms. The fourth-order valence-corrected chi connectivity index (χ4v) is 7.39. The van der Waals surface area contributed by atoms with Crippen molar-refractivity contribution in [2.45, 2.75) is 72.1 Å². The Morgan fingerprint density at radius 1 is 0.882 bits per heavy atom. The Bertz CT molecular complexity index is 894. The van der Waals surface area contributed by atoms with E-state index >= 15 is 0 Å². The highest BCUT2D eigenvalue weighted by molar-refractivity contribution is 7.91. The average Bonchev–Trinajstić information content (AvgIpc) is 2.82. The molecule has 192 valence electrons. The van der Waals surface area contributed by atoms with Crippen molar-refractivity contribution in [1.82, 2.24) is 4.90 Å². The molecule has 2 heterocycles. The van der Waals surface area contributed by atoms with Gasteiger partial charge in [-0.05, 0) is 79.7 Å². The number of unbranched alkanes of at least 4 members (excludes halogenated alkanes) is 1. The summed E-state index contributed by atoms with van der Waals surface area (Å²) < 4.78 is 23.9. The van der Waals surface area contributed by atoms with E-state index < -0.39 is 9.84 Å². The molecule has 0 aromatic heterocycles. The van der Waals surface area contributed by atoms with Gasteiger partial charge in [-0.3, -0.25) is 4.90 Å². The maximum Gasteiger partial charge on any atom is 0.153 e. The maximum atomic E-state index is 12.0. The summed E-state index contributed by atoms with van der Waals surface area (Å²) in [5.41, 5.74) is 4.56. The first-order valence-corrected chi connectivity index (χ1v) is 15.5. The van der Waals surface area contributed by atoms with Crippen LogP contribution >= 0.6 is 0 Å². The van der Waals surface area contributed by atoms with Crippen LogP contribution in [0.3, 0.4) is 0 Å². The molecule has 0 unspecified atom stereocenters. The molecule has 1 aromatic rings. The third kappa shape index (κ3) is 6.29. The van der Waals surface area contributed by atoms with Crippen LogP contribution in [0.4, 0.5) is 11.4 Å². The van der Waals surface area contributed by atoms with E-state index in [2.05, 4.69) is 60.6 Å². The quantitative estimate of drug-likeness (QED) is 0.552. The van der Waals surface area contributed by atoms with Crippen LogP contribution in [-0.4, -0.2) is 70.6 Å². The van der Waals surface area contributed by atoms with Gasteiger partial charge in [0.1, 0.15) is 0 Å². The second-order valence-corrected chi connectivity index (χ2v) is 14.3. The lowest BCUT2D eigenvalue weighted by Gasteiger charge is -2.41. The highest BCUT2D eigenvalue weighted by Crippen LogP contribution is 2.46. The van der Waals surface area contributed by atoms with Crippen LogP contribution < -0.4 is 9.80 Å². The molecule has 1 aromatic carbocycles. The molecule has 1 aliphatic carbocycles. The molecule has 0 radical (unpaired) electrons. The first-order valence-electron chi connectivity index (χ1n) is 13.7. The summed E-state index contributed by atoms with van der Waals surface area (Å²) in [5, 5.41) is 0. The minimum atomic E-state index is -2.87. The van der Waals surface area contributed by atoms with Gasteiger partial charge in [0, 0.05) is 50.6 Å². The van der Waals surface area contributed by atoms with Crippen molar-refractivity contribution in [3.63, 3.8) is 0 Å². The first kappa shape index (κ1) is 25.8. The number of hydrogen-bond donors (Lipinski definition) is 0. The largest absolute Gasteiger partial charge is 0.369 e. The molecular formula is C28H47N3O2S. The number of anilines is 2. The van der Waals surface area contributed by atoms with Crippen molar-refractivity contribution in [1.29, 1.82) is 0 Å². The molecule has 0 N–H and O–H groups in total. The lowest BCUT2D eigenvalue weighted by molar-refractivity contribution is 0.169. The van der Waals surface area contributed by atoms with Crippen molar-refractivity contribution < 1.29 is 8.42 Å². The molecule has 0 atom stereocenters. The van der Waals surface area contributed by atoms with E-state index in [9.17, 15) is 8.42 Å². The summed E-state index contributed by atoms with van der Waals surface area (Å²) in [5.74, 6) is 1.98. The highest BCUT2D eigenvalue weighted by atomic mass is 32.2. The molecule has 4 rings (SSSR count). The molecule has 0 amide bonds. The van der Waals surface area contributed by atoms with Gasteiger partial charge >= 0.3 is 0 Å². The number of hydrogen-bond acceptors (Lipinski definition) is 5. The van der Waals surface area contributed by atoms with Gasteiger partial charge in [0.05, 0.1) is 11.5 Å². The number of sulfone groups is 1. The first-order chi connectivity index (χ1) is 16.2. The van der Waals surface area contributed by atoms with E-state index in [1.54, 1.807) is 0 Å². The Balaban J connectivity index is 1.53. The predicted molar refractivity (Wildman–Crippen MR) is 145 cm³/mol. The Morgan fingerprint density at radius 2 is 1.53 bits per heavy atom. The minimum Gasteiger partial charge on any atom is -0.369 e. The summed E-state index contributed by atoms with van der Waals surface area (Å²) in [6.45, 7) is 16.4. The fraction of sp³-hybridized carbons (Fsp3) is 0.786. The molecule has 1 saturated carbocycles. The second kappa shape index (κ2) is 10.8. The smallest absolute Gasteiger partial charge is 0.153 e. The van der Waals surface area contributed by atoms with Crippen LogP contribution in [0.2, 0.25) is 0 Å². The molecule has 6 heteroatoms. The Morgan fingerprint density at radius 3 is 2.12 bits per heavy atom. The summed E-state index contributed by atoms with van der Waals surface area (Å²) >= 11 is 0. The maximum absolute atomic E-state index is 12.0. The number of rotatable bonds is 6. The standard InChI is InChI=1S/C28H47N3O2S/c1-5-6-13-29-14-16-31(17-15-29)27-12-11-25(30-18-20-34(32,33)21-19-30)22-26(27)23-7-9-24(10-8-23)28(2,3)4/h11-12,22-24H,5-10,13-21H2,1-4H3. The number of benzene rings is 1. The predicted octanol–water partition coefficient (Wildman–Crippen LogP) is 5.16. The molecule has 0 bridgehead atoms. The van der Waals surface area contributed by atoms with Gasteiger partial charge in [0.25, 0.3) is 0 Å². The highest BCUT2D eigenvalue weighted by Gasteiger charge is 2.32. The van der Waals surface area contributed by atoms with Crippen molar-refractivity contribution in [3.05, 3.63) is 23.8 Å². The summed E-state index contributed by atoms with van der Waals surface area (Å²) in [6.07, 6.45) is 7.71. The van der Waals surface area contributed by atoms with Crippen LogP contribution in [0.15, 0.2) is 18.2 Å². The molecule has 3 fully saturated rings. The fourth-order valence-electron chi connectivity index (χ4n) is 6.19. The van der Waals surface area contributed by atoms with Crippen molar-refractivity contribution in [3.8, 4) is 0 Å². The third-order valence-electron chi connectivity index (χ3n) is 8.65. The molecule has 3 aliphatic rings. The van der Waals surface area contributed by atoms with Gasteiger partial charge in [-0.25, -0.2) is 8.42 Å². The van der Waals surface area contributed by atoms with Gasteiger partial charge in [0.2, 0.25) is 0 Å². The zero-order chi connectivity index (χ0) is 24.3. The zero-order valence-corrected chi connectivity index (χ0v) is 22.9. The van der Waals surface area contributed by atoms with E-state index in [0.29, 0.717) is 24.4 Å². The van der Waals surface area contributed by atoms with E-state index in [1.165, 1.54) is 62.0 Å². The van der Waals surface area contributed by atoms with Crippen molar-refractivity contribution in [2.75, 3.05) is 67.1 Å². The molecule has 5 nitrogen and oxygen atoms in total. The molecule has 2 aliphatic heterocycles. The van der Waals surface area contributed by atoms with Crippen LogP contribution in [0.5, 0.6) is 0 Å². The molecule has 2 saturated heterocycles. The normalized spacial score (nSPS) is 26.6. The lowest BCUT2D eigenvalue weighted by atomic mass is 9.68. The Hall–Kier alpha value is -1.27. The monoisotopic (exact) mass is 489 g/mol. The zero-order valence-electron chi connectivity index (χ0n) is 22.1. The molecule has 34 heavy (non-hydrogen) atoms. The average molecular weight is 490 g/mol. The van der Waals surface area contributed by atoms with Gasteiger partial charge in [-0.2, -0.15) is 0 Å². The van der Waals surface area contributed by atoms with E-state index in [0.717, 1.165) is 32.1 Å². The number of nitrogens with zero attached hydrogens (tertiary/aromatic N) is 3. The van der Waals surface area contributed by atoms with E-state index in [4.69, 9.17) is 0 Å². The van der Waals surface area contributed by atoms with Gasteiger partial charge < -0.3 is 9.80 Å². The number of piperazine rings is 1. The summed E-state index contributed by atoms with van der Waals surface area (Å²) in [4.78, 5) is 7.53. The molecular weight excluding hydrogens is 442 g/mol. The summed E-state index contributed by atoms with van der Waals surface area (Å²) in [7, 11) is -2.87. The SMILES string of the molecule is CCCCN1CCN(c2ccc(N3CCS(=O)(=O)CC3)cc2C2CCC(C(C)(C)C)CC2)CC1. The van der Waals surface area contributed by atoms with E-state index in [1.807, 2.05) is 0 Å². The Labute approximate surface area is 208 Å². The van der Waals surface area contributed by atoms with Crippen LogP contribution in [0, 0.1) is 11.3 Å².